The Morgan fingerprint density at radius 1 is 1.21 bits per heavy atom. The number of ketones is 1. The van der Waals surface area contributed by atoms with Crippen molar-refractivity contribution >= 4 is 28.9 Å². The molecular weight excluding hydrogens is 240 g/mol. The van der Waals surface area contributed by atoms with Crippen LogP contribution < -0.4 is 0 Å². The maximum atomic E-state index is 11.7. The highest BCUT2D eigenvalue weighted by Crippen LogP contribution is 2.35. The molecule has 3 heteroatoms. The smallest absolute Gasteiger partial charge is 0.169 e. The lowest BCUT2D eigenvalue weighted by molar-refractivity contribution is 0.101. The highest BCUT2D eigenvalue weighted by atomic mass is 16.4. The van der Waals surface area contributed by atoms with E-state index in [2.05, 4.69) is 0 Å². The van der Waals surface area contributed by atoms with E-state index >= 15 is 0 Å². The van der Waals surface area contributed by atoms with Crippen LogP contribution >= 0.6 is 0 Å². The van der Waals surface area contributed by atoms with Gasteiger partial charge >= 0.3 is 0 Å². The summed E-state index contributed by atoms with van der Waals surface area (Å²) in [6.07, 6.45) is 7.20. The largest absolute Gasteiger partial charge is 0.504 e. The molecule has 0 atom stereocenters. The summed E-state index contributed by atoms with van der Waals surface area (Å²) in [6.45, 7) is 5.25. The van der Waals surface area contributed by atoms with E-state index in [1.807, 2.05) is 26.0 Å². The molecule has 2 rings (SSSR count). The monoisotopic (exact) mass is 256 g/mol. The van der Waals surface area contributed by atoms with Crippen LogP contribution in [-0.2, 0) is 0 Å². The fourth-order valence-corrected chi connectivity index (χ4v) is 2.05. The number of rotatable bonds is 3. The van der Waals surface area contributed by atoms with Gasteiger partial charge in [0, 0.05) is 5.56 Å². The first-order valence-electron chi connectivity index (χ1n) is 6.14. The molecule has 1 aromatic carbocycles. The molecule has 2 aromatic rings. The first-order valence-corrected chi connectivity index (χ1v) is 6.14. The number of allylic oxidation sites excluding steroid dienone is 2. The second-order valence-electron chi connectivity index (χ2n) is 4.31. The highest BCUT2D eigenvalue weighted by Gasteiger charge is 2.15. The number of Topliss-reactive ketones (excluding diaryl/α,β-unsaturated/α-hetero) is 1. The van der Waals surface area contributed by atoms with Crippen LogP contribution in [0.4, 0.5) is 0 Å². The first-order chi connectivity index (χ1) is 9.08. The lowest BCUT2D eigenvalue weighted by atomic mass is 10.0. The Morgan fingerprint density at radius 2 is 1.89 bits per heavy atom. The van der Waals surface area contributed by atoms with E-state index in [4.69, 9.17) is 4.42 Å². The normalized spacial score (nSPS) is 11.9. The van der Waals surface area contributed by atoms with Crippen molar-refractivity contribution in [2.24, 2.45) is 0 Å². The summed E-state index contributed by atoms with van der Waals surface area (Å²) < 4.78 is 5.58. The van der Waals surface area contributed by atoms with E-state index in [1.165, 1.54) is 6.92 Å². The molecule has 3 nitrogen and oxygen atoms in total. The van der Waals surface area contributed by atoms with Crippen LogP contribution in [0.3, 0.4) is 0 Å². The topological polar surface area (TPSA) is 50.4 Å². The Labute approximate surface area is 111 Å². The van der Waals surface area contributed by atoms with Crippen molar-refractivity contribution < 1.29 is 14.3 Å². The number of benzene rings is 1. The van der Waals surface area contributed by atoms with Crippen LogP contribution in [0.5, 0.6) is 5.75 Å². The predicted octanol–water partition coefficient (Wildman–Crippen LogP) is 4.41. The van der Waals surface area contributed by atoms with E-state index in [0.29, 0.717) is 22.3 Å². The number of carbonyl (C=O) groups excluding carboxylic acids is 1. The Bertz CT molecular complexity index is 688. The molecule has 0 radical (unpaired) electrons. The Balaban J connectivity index is 2.78. The Kier molecular flexibility index (Phi) is 3.56. The summed E-state index contributed by atoms with van der Waals surface area (Å²) >= 11 is 0. The molecule has 0 unspecified atom stereocenters. The van der Waals surface area contributed by atoms with Crippen molar-refractivity contribution in [3.05, 3.63) is 41.2 Å². The van der Waals surface area contributed by atoms with Crippen molar-refractivity contribution in [1.29, 1.82) is 0 Å². The minimum Gasteiger partial charge on any atom is -0.504 e. The summed E-state index contributed by atoms with van der Waals surface area (Å²) in [5.74, 6) is 0.440. The van der Waals surface area contributed by atoms with Gasteiger partial charge in [-0.1, -0.05) is 18.2 Å². The van der Waals surface area contributed by atoms with Gasteiger partial charge in [0.05, 0.1) is 5.39 Å². The lowest BCUT2D eigenvalue weighted by Crippen LogP contribution is -1.95. The van der Waals surface area contributed by atoms with E-state index in [0.717, 1.165) is 5.56 Å². The number of hydrogen-bond acceptors (Lipinski definition) is 3. The van der Waals surface area contributed by atoms with Crippen molar-refractivity contribution in [3.63, 3.8) is 0 Å². The predicted molar refractivity (Wildman–Crippen MR) is 77.3 cm³/mol. The summed E-state index contributed by atoms with van der Waals surface area (Å²) in [4.78, 5) is 11.7. The van der Waals surface area contributed by atoms with Gasteiger partial charge in [0.1, 0.15) is 5.58 Å². The number of carbonyl (C=O) groups is 1. The molecule has 0 amide bonds. The van der Waals surface area contributed by atoms with Gasteiger partial charge in [0.2, 0.25) is 0 Å². The Morgan fingerprint density at radius 3 is 2.47 bits per heavy atom. The van der Waals surface area contributed by atoms with E-state index in [9.17, 15) is 9.90 Å². The maximum Gasteiger partial charge on any atom is 0.169 e. The number of aromatic hydroxyl groups is 1. The van der Waals surface area contributed by atoms with Crippen molar-refractivity contribution in [1.82, 2.24) is 0 Å². The third-order valence-electron chi connectivity index (χ3n) is 2.90. The molecule has 0 saturated carbocycles. The SMILES string of the molecule is C/C=C/c1cc2oc(/C=C/C)c(O)c2cc1C(C)=O. The van der Waals surface area contributed by atoms with Gasteiger partial charge in [-0.05, 0) is 44.5 Å². The fraction of sp³-hybridized carbons (Fsp3) is 0.188. The highest BCUT2D eigenvalue weighted by molar-refractivity contribution is 6.03. The van der Waals surface area contributed by atoms with Gasteiger partial charge in [-0.25, -0.2) is 0 Å². The maximum absolute atomic E-state index is 11.7. The van der Waals surface area contributed by atoms with Crippen molar-refractivity contribution in [2.45, 2.75) is 20.8 Å². The van der Waals surface area contributed by atoms with E-state index in [-0.39, 0.29) is 11.5 Å². The second-order valence-corrected chi connectivity index (χ2v) is 4.31. The zero-order valence-corrected chi connectivity index (χ0v) is 11.2. The first kappa shape index (κ1) is 13.1. The lowest BCUT2D eigenvalue weighted by Gasteiger charge is -2.02. The minimum atomic E-state index is -0.0387. The molecule has 0 spiro atoms. The molecule has 0 saturated heterocycles. The zero-order valence-electron chi connectivity index (χ0n) is 11.2. The van der Waals surface area contributed by atoms with Crippen LogP contribution in [0.15, 0.2) is 28.7 Å². The fourth-order valence-electron chi connectivity index (χ4n) is 2.05. The molecule has 0 bridgehead atoms. The molecule has 1 N–H and O–H groups in total. The molecule has 1 aromatic heterocycles. The van der Waals surface area contributed by atoms with Gasteiger partial charge in [0.15, 0.2) is 17.3 Å². The van der Waals surface area contributed by atoms with Crippen LogP contribution in [0.2, 0.25) is 0 Å². The summed E-state index contributed by atoms with van der Waals surface area (Å²) in [5.41, 5.74) is 1.95. The van der Waals surface area contributed by atoms with E-state index in [1.54, 1.807) is 24.3 Å². The average Bonchev–Trinajstić information content (AvgIpc) is 2.66. The van der Waals surface area contributed by atoms with Gasteiger partial charge in [-0.3, -0.25) is 4.79 Å². The number of furan rings is 1. The summed E-state index contributed by atoms with van der Waals surface area (Å²) in [6, 6.07) is 3.46. The third-order valence-corrected chi connectivity index (χ3v) is 2.90. The minimum absolute atomic E-state index is 0.0387. The van der Waals surface area contributed by atoms with Crippen LogP contribution in [0, 0.1) is 0 Å². The van der Waals surface area contributed by atoms with Gasteiger partial charge < -0.3 is 9.52 Å². The average molecular weight is 256 g/mol. The van der Waals surface area contributed by atoms with Gasteiger partial charge in [-0.2, -0.15) is 0 Å². The second kappa shape index (κ2) is 5.14. The Hall–Kier alpha value is -2.29. The van der Waals surface area contributed by atoms with Crippen LogP contribution in [-0.4, -0.2) is 10.9 Å². The van der Waals surface area contributed by atoms with Crippen molar-refractivity contribution in [2.75, 3.05) is 0 Å². The number of fused-ring (bicyclic) bond motifs is 1. The van der Waals surface area contributed by atoms with E-state index < -0.39 is 0 Å². The third kappa shape index (κ3) is 2.32. The standard InChI is InChI=1S/C16H16O3/c1-4-6-11-8-15-13(9-12(11)10(3)17)16(18)14(19-15)7-5-2/h4-9,18H,1-3H3/b6-4+,7-5+. The molecule has 1 heterocycles. The molecule has 0 aliphatic rings. The zero-order chi connectivity index (χ0) is 14.0. The summed E-state index contributed by atoms with van der Waals surface area (Å²) in [7, 11) is 0. The van der Waals surface area contributed by atoms with Gasteiger partial charge in [0.25, 0.3) is 0 Å². The summed E-state index contributed by atoms with van der Waals surface area (Å²) in [5, 5.41) is 10.6. The molecule has 0 aliphatic carbocycles. The number of hydrogen-bond donors (Lipinski definition) is 1. The van der Waals surface area contributed by atoms with Crippen molar-refractivity contribution in [3.8, 4) is 5.75 Å². The van der Waals surface area contributed by atoms with Crippen LogP contribution in [0.1, 0.15) is 42.5 Å². The quantitative estimate of drug-likeness (QED) is 0.827. The molecule has 19 heavy (non-hydrogen) atoms. The van der Waals surface area contributed by atoms with Gasteiger partial charge in [-0.15, -0.1) is 0 Å². The molecular formula is C16H16O3. The molecule has 0 fully saturated rings. The molecule has 0 aliphatic heterocycles. The molecule has 98 valence electrons. The van der Waals surface area contributed by atoms with Crippen LogP contribution in [0.25, 0.3) is 23.1 Å².